The van der Waals surface area contributed by atoms with Crippen molar-refractivity contribution >= 4 is 5.97 Å². The highest BCUT2D eigenvalue weighted by Gasteiger charge is 2.30. The van der Waals surface area contributed by atoms with E-state index in [1.54, 1.807) is 18.2 Å². The van der Waals surface area contributed by atoms with Gasteiger partial charge in [0, 0.05) is 18.2 Å². The number of nitrogens with one attached hydrogen (secondary N) is 1. The van der Waals surface area contributed by atoms with Crippen LogP contribution in [-0.4, -0.2) is 23.7 Å². The Morgan fingerprint density at radius 3 is 2.54 bits per heavy atom. The standard InChI is InChI=1S/C19H20F3NO3/c1-12(2)23-10-13-6-7-17(26-11-18(24)25)16(8-13)14-4-3-5-15(9-14)19(20,21)22/h3-9,12,23H,10-11H2,1-2H3,(H,24,25). The summed E-state index contributed by atoms with van der Waals surface area (Å²) in [5, 5.41) is 12.0. The van der Waals surface area contributed by atoms with Gasteiger partial charge in [-0.3, -0.25) is 0 Å². The minimum Gasteiger partial charge on any atom is -0.481 e. The lowest BCUT2D eigenvalue weighted by Gasteiger charge is -2.15. The largest absolute Gasteiger partial charge is 0.481 e. The highest BCUT2D eigenvalue weighted by atomic mass is 19.4. The van der Waals surface area contributed by atoms with Gasteiger partial charge in [-0.15, -0.1) is 0 Å². The van der Waals surface area contributed by atoms with Crippen molar-refractivity contribution in [2.45, 2.75) is 32.6 Å². The number of hydrogen-bond donors (Lipinski definition) is 2. The van der Waals surface area contributed by atoms with Crippen molar-refractivity contribution in [2.75, 3.05) is 6.61 Å². The normalized spacial score (nSPS) is 11.6. The summed E-state index contributed by atoms with van der Waals surface area (Å²) in [5.41, 5.74) is 0.811. The van der Waals surface area contributed by atoms with Crippen molar-refractivity contribution in [3.8, 4) is 16.9 Å². The zero-order chi connectivity index (χ0) is 19.3. The summed E-state index contributed by atoms with van der Waals surface area (Å²) in [5.74, 6) is -0.939. The van der Waals surface area contributed by atoms with Crippen LogP contribution >= 0.6 is 0 Å². The maximum Gasteiger partial charge on any atom is 0.416 e. The average Bonchev–Trinajstić information content (AvgIpc) is 2.57. The van der Waals surface area contributed by atoms with E-state index in [0.29, 0.717) is 17.7 Å². The van der Waals surface area contributed by atoms with E-state index in [4.69, 9.17) is 9.84 Å². The molecule has 4 nitrogen and oxygen atoms in total. The number of hydrogen-bond acceptors (Lipinski definition) is 3. The Bertz CT molecular complexity index is 773. The minimum atomic E-state index is -4.46. The first-order chi connectivity index (χ1) is 12.2. The number of halogens is 3. The molecule has 7 heteroatoms. The first-order valence-corrected chi connectivity index (χ1v) is 8.05. The van der Waals surface area contributed by atoms with E-state index < -0.39 is 24.3 Å². The maximum absolute atomic E-state index is 13.0. The van der Waals surface area contributed by atoms with Crippen LogP contribution in [0.2, 0.25) is 0 Å². The van der Waals surface area contributed by atoms with Crippen molar-refractivity contribution in [2.24, 2.45) is 0 Å². The summed E-state index contributed by atoms with van der Waals surface area (Å²) in [4.78, 5) is 10.8. The second-order valence-electron chi connectivity index (χ2n) is 6.13. The zero-order valence-electron chi connectivity index (χ0n) is 14.4. The number of rotatable bonds is 7. The van der Waals surface area contributed by atoms with Crippen LogP contribution < -0.4 is 10.1 Å². The summed E-state index contributed by atoms with van der Waals surface area (Å²) in [6, 6.07) is 10.2. The molecule has 0 aliphatic rings. The molecule has 0 amide bonds. The highest BCUT2D eigenvalue weighted by Crippen LogP contribution is 2.36. The summed E-state index contributed by atoms with van der Waals surface area (Å²) in [6.07, 6.45) is -4.46. The Morgan fingerprint density at radius 2 is 1.92 bits per heavy atom. The molecule has 2 rings (SSSR count). The second kappa shape index (κ2) is 8.23. The predicted octanol–water partition coefficient (Wildman–Crippen LogP) is 4.33. The van der Waals surface area contributed by atoms with Gasteiger partial charge >= 0.3 is 12.1 Å². The van der Waals surface area contributed by atoms with E-state index in [1.165, 1.54) is 12.1 Å². The number of ether oxygens (including phenoxy) is 1. The van der Waals surface area contributed by atoms with Gasteiger partial charge in [0.1, 0.15) is 5.75 Å². The molecule has 0 saturated carbocycles. The zero-order valence-corrected chi connectivity index (χ0v) is 14.4. The van der Waals surface area contributed by atoms with Crippen LogP contribution in [0.25, 0.3) is 11.1 Å². The summed E-state index contributed by atoms with van der Waals surface area (Å²) < 4.78 is 44.3. The molecule has 2 N–H and O–H groups in total. The Balaban J connectivity index is 2.44. The number of benzene rings is 2. The molecule has 0 atom stereocenters. The molecular weight excluding hydrogens is 347 g/mol. The molecule has 0 spiro atoms. The Hall–Kier alpha value is -2.54. The molecule has 0 aliphatic heterocycles. The molecule has 0 radical (unpaired) electrons. The maximum atomic E-state index is 13.0. The Kier molecular flexibility index (Phi) is 6.26. The van der Waals surface area contributed by atoms with E-state index in [0.717, 1.165) is 17.7 Å². The quantitative estimate of drug-likeness (QED) is 0.765. The molecular formula is C19H20F3NO3. The molecule has 26 heavy (non-hydrogen) atoms. The SMILES string of the molecule is CC(C)NCc1ccc(OCC(=O)O)c(-c2cccc(C(F)(F)F)c2)c1. The van der Waals surface area contributed by atoms with E-state index in [9.17, 15) is 18.0 Å². The third-order valence-electron chi connectivity index (χ3n) is 3.61. The lowest BCUT2D eigenvalue weighted by Crippen LogP contribution is -2.21. The molecule has 0 aromatic heterocycles. The summed E-state index contributed by atoms with van der Waals surface area (Å²) in [6.45, 7) is 3.93. The van der Waals surface area contributed by atoms with E-state index in [1.807, 2.05) is 13.8 Å². The predicted molar refractivity (Wildman–Crippen MR) is 92.0 cm³/mol. The average molecular weight is 367 g/mol. The van der Waals surface area contributed by atoms with Gasteiger partial charge in [-0.25, -0.2) is 4.79 Å². The topological polar surface area (TPSA) is 58.6 Å². The van der Waals surface area contributed by atoms with Crippen molar-refractivity contribution in [3.05, 3.63) is 53.6 Å². The van der Waals surface area contributed by atoms with Gasteiger partial charge < -0.3 is 15.2 Å². The Labute approximate surface area is 149 Å². The van der Waals surface area contributed by atoms with E-state index >= 15 is 0 Å². The fourth-order valence-electron chi connectivity index (χ4n) is 2.36. The minimum absolute atomic E-state index is 0.222. The fraction of sp³-hybridized carbons (Fsp3) is 0.316. The van der Waals surface area contributed by atoms with Crippen LogP contribution in [0.4, 0.5) is 13.2 Å². The monoisotopic (exact) mass is 367 g/mol. The van der Waals surface area contributed by atoms with Crippen LogP contribution in [0.1, 0.15) is 25.0 Å². The van der Waals surface area contributed by atoms with Gasteiger partial charge in [-0.05, 0) is 35.4 Å². The third kappa shape index (κ3) is 5.49. The van der Waals surface area contributed by atoms with Gasteiger partial charge in [0.15, 0.2) is 6.61 Å². The molecule has 140 valence electrons. The first-order valence-electron chi connectivity index (χ1n) is 8.05. The summed E-state index contributed by atoms with van der Waals surface area (Å²) >= 11 is 0. The lowest BCUT2D eigenvalue weighted by molar-refractivity contribution is -0.139. The highest BCUT2D eigenvalue weighted by molar-refractivity contribution is 5.73. The molecule has 0 saturated heterocycles. The number of carboxylic acid groups (broad SMARTS) is 1. The molecule has 2 aromatic rings. The molecule has 0 fully saturated rings. The van der Waals surface area contributed by atoms with Gasteiger partial charge in [0.25, 0.3) is 0 Å². The van der Waals surface area contributed by atoms with Gasteiger partial charge in [0.05, 0.1) is 5.56 Å². The summed E-state index contributed by atoms with van der Waals surface area (Å²) in [7, 11) is 0. The van der Waals surface area contributed by atoms with Crippen molar-refractivity contribution < 1.29 is 27.8 Å². The van der Waals surface area contributed by atoms with Gasteiger partial charge in [-0.1, -0.05) is 32.0 Å². The van der Waals surface area contributed by atoms with E-state index in [-0.39, 0.29) is 11.8 Å². The Morgan fingerprint density at radius 1 is 1.19 bits per heavy atom. The van der Waals surface area contributed by atoms with Crippen LogP contribution in [-0.2, 0) is 17.5 Å². The first kappa shape index (κ1) is 19.8. The fourth-order valence-corrected chi connectivity index (χ4v) is 2.36. The van der Waals surface area contributed by atoms with E-state index in [2.05, 4.69) is 5.32 Å². The smallest absolute Gasteiger partial charge is 0.416 e. The molecule has 0 aliphatic carbocycles. The molecule has 0 unspecified atom stereocenters. The van der Waals surface area contributed by atoms with Crippen LogP contribution in [0.5, 0.6) is 5.75 Å². The van der Waals surface area contributed by atoms with Crippen molar-refractivity contribution in [1.29, 1.82) is 0 Å². The number of carbonyl (C=O) groups is 1. The number of carboxylic acids is 1. The number of aliphatic carboxylic acids is 1. The van der Waals surface area contributed by atoms with Crippen LogP contribution in [0.3, 0.4) is 0 Å². The number of alkyl halides is 3. The molecule has 0 heterocycles. The van der Waals surface area contributed by atoms with Crippen molar-refractivity contribution in [1.82, 2.24) is 5.32 Å². The lowest BCUT2D eigenvalue weighted by atomic mass is 9.99. The molecule has 0 bridgehead atoms. The second-order valence-corrected chi connectivity index (χ2v) is 6.13. The molecule has 2 aromatic carbocycles. The van der Waals surface area contributed by atoms with Gasteiger partial charge in [0.2, 0.25) is 0 Å². The van der Waals surface area contributed by atoms with Crippen molar-refractivity contribution in [3.63, 3.8) is 0 Å². The van der Waals surface area contributed by atoms with Crippen LogP contribution in [0, 0.1) is 0 Å². The van der Waals surface area contributed by atoms with Crippen LogP contribution in [0.15, 0.2) is 42.5 Å². The van der Waals surface area contributed by atoms with Gasteiger partial charge in [-0.2, -0.15) is 13.2 Å². The third-order valence-corrected chi connectivity index (χ3v) is 3.61.